The SMILES string of the molecule is CC(C)(CC(=O)O)CC(=O)O[C@H]1CC[C@@]2(C)C(CC[C@]3(C)C2CC=C2C4CC(C)(C)CC[C@]4(C(=O)NCCCCCC(=O)O)CC[C@]23C)C1(C)C. The van der Waals surface area contributed by atoms with E-state index in [0.717, 1.165) is 77.0 Å². The molecule has 4 fully saturated rings. The number of carbonyl (C=O) groups is 4. The molecule has 0 heterocycles. The van der Waals surface area contributed by atoms with Crippen LogP contribution < -0.4 is 5.32 Å². The molecule has 3 unspecified atom stereocenters. The van der Waals surface area contributed by atoms with E-state index in [1.807, 2.05) is 13.8 Å². The van der Waals surface area contributed by atoms with Crippen LogP contribution in [0.5, 0.6) is 0 Å². The average molecular weight is 712 g/mol. The Kier molecular flexibility index (Phi) is 10.8. The van der Waals surface area contributed by atoms with Crippen LogP contribution in [0.15, 0.2) is 11.6 Å². The summed E-state index contributed by atoms with van der Waals surface area (Å²) in [6.45, 7) is 21.3. The first-order chi connectivity index (χ1) is 23.5. The third-order valence-corrected chi connectivity index (χ3v) is 15.9. The van der Waals surface area contributed by atoms with Gasteiger partial charge in [0.05, 0.1) is 18.3 Å². The van der Waals surface area contributed by atoms with Gasteiger partial charge in [0.15, 0.2) is 0 Å². The number of hydrogen-bond acceptors (Lipinski definition) is 5. The van der Waals surface area contributed by atoms with Gasteiger partial charge in [-0.2, -0.15) is 0 Å². The molecule has 5 aliphatic rings. The number of ether oxygens (including phenoxy) is 1. The number of hydrogen-bond donors (Lipinski definition) is 3. The number of fused-ring (bicyclic) bond motifs is 7. The normalized spacial score (nSPS) is 38.1. The van der Waals surface area contributed by atoms with Crippen molar-refractivity contribution in [3.05, 3.63) is 11.6 Å². The Labute approximate surface area is 307 Å². The van der Waals surface area contributed by atoms with E-state index in [1.165, 1.54) is 0 Å². The van der Waals surface area contributed by atoms with Crippen LogP contribution in [0.4, 0.5) is 0 Å². The minimum Gasteiger partial charge on any atom is -0.481 e. The van der Waals surface area contributed by atoms with Gasteiger partial charge in [-0.1, -0.05) is 80.4 Å². The van der Waals surface area contributed by atoms with Crippen molar-refractivity contribution in [2.24, 2.45) is 55.7 Å². The molecule has 5 rings (SSSR count). The highest BCUT2D eigenvalue weighted by atomic mass is 16.5. The second-order valence-electron chi connectivity index (χ2n) is 20.6. The van der Waals surface area contributed by atoms with Crippen LogP contribution in [-0.4, -0.2) is 46.7 Å². The summed E-state index contributed by atoms with van der Waals surface area (Å²) in [5, 5.41) is 21.7. The van der Waals surface area contributed by atoms with Crippen LogP contribution in [0.25, 0.3) is 0 Å². The fraction of sp³-hybridized carbons (Fsp3) is 0.860. The zero-order valence-electron chi connectivity index (χ0n) is 33.3. The summed E-state index contributed by atoms with van der Waals surface area (Å²) in [7, 11) is 0. The molecule has 0 radical (unpaired) electrons. The fourth-order valence-corrected chi connectivity index (χ4v) is 12.9. The highest BCUT2D eigenvalue weighted by Crippen LogP contribution is 2.76. The Bertz CT molecular complexity index is 1410. The van der Waals surface area contributed by atoms with Crippen LogP contribution >= 0.6 is 0 Å². The Morgan fingerprint density at radius 1 is 0.824 bits per heavy atom. The molecule has 51 heavy (non-hydrogen) atoms. The zero-order chi connectivity index (χ0) is 37.8. The summed E-state index contributed by atoms with van der Waals surface area (Å²) in [6, 6.07) is 0. The molecule has 4 saturated carbocycles. The molecule has 0 aromatic carbocycles. The summed E-state index contributed by atoms with van der Waals surface area (Å²) in [6.07, 6.45) is 14.9. The molecular weight excluding hydrogens is 642 g/mol. The average Bonchev–Trinajstić information content (AvgIpc) is 2.99. The van der Waals surface area contributed by atoms with Crippen LogP contribution in [0.3, 0.4) is 0 Å². The van der Waals surface area contributed by atoms with Crippen molar-refractivity contribution in [3.8, 4) is 0 Å². The van der Waals surface area contributed by atoms with Crippen molar-refractivity contribution in [3.63, 3.8) is 0 Å². The van der Waals surface area contributed by atoms with Crippen LogP contribution in [-0.2, 0) is 23.9 Å². The van der Waals surface area contributed by atoms with Crippen molar-refractivity contribution in [2.75, 3.05) is 6.54 Å². The molecule has 0 aliphatic heterocycles. The molecular formula is C43H69NO7. The number of amides is 1. The minimum absolute atomic E-state index is 0.00573. The summed E-state index contributed by atoms with van der Waals surface area (Å²) < 4.78 is 6.25. The molecule has 8 atom stereocenters. The second kappa shape index (κ2) is 13.8. The first-order valence-corrected chi connectivity index (χ1v) is 20.2. The van der Waals surface area contributed by atoms with Gasteiger partial charge >= 0.3 is 17.9 Å². The van der Waals surface area contributed by atoms with Crippen molar-refractivity contribution < 1.29 is 34.1 Å². The second-order valence-corrected chi connectivity index (χ2v) is 20.6. The maximum atomic E-state index is 14.3. The van der Waals surface area contributed by atoms with E-state index in [-0.39, 0.29) is 75.7 Å². The van der Waals surface area contributed by atoms with E-state index < -0.39 is 17.4 Å². The van der Waals surface area contributed by atoms with Crippen molar-refractivity contribution in [1.29, 1.82) is 0 Å². The number of allylic oxidation sites excluding steroid dienone is 2. The molecule has 288 valence electrons. The number of unbranched alkanes of at least 4 members (excludes halogenated alkanes) is 2. The van der Waals surface area contributed by atoms with Gasteiger partial charge in [-0.15, -0.1) is 0 Å². The van der Waals surface area contributed by atoms with E-state index in [1.54, 1.807) is 5.57 Å². The van der Waals surface area contributed by atoms with Gasteiger partial charge in [0, 0.05) is 18.4 Å². The molecule has 0 spiro atoms. The van der Waals surface area contributed by atoms with Crippen molar-refractivity contribution in [2.45, 2.75) is 171 Å². The van der Waals surface area contributed by atoms with E-state index in [4.69, 9.17) is 9.84 Å². The minimum atomic E-state index is -0.897. The van der Waals surface area contributed by atoms with E-state index in [0.29, 0.717) is 24.8 Å². The molecule has 0 bridgehead atoms. The number of carbonyl (C=O) groups excluding carboxylic acids is 2. The lowest BCUT2D eigenvalue weighted by molar-refractivity contribution is -0.213. The van der Waals surface area contributed by atoms with Crippen LogP contribution in [0.1, 0.15) is 165 Å². The first kappa shape index (κ1) is 39.8. The molecule has 0 aromatic rings. The largest absolute Gasteiger partial charge is 0.481 e. The van der Waals surface area contributed by atoms with Crippen LogP contribution in [0.2, 0.25) is 0 Å². The molecule has 0 saturated heterocycles. The maximum Gasteiger partial charge on any atom is 0.306 e. The van der Waals surface area contributed by atoms with Crippen molar-refractivity contribution >= 4 is 23.8 Å². The fourth-order valence-electron chi connectivity index (χ4n) is 12.9. The Morgan fingerprint density at radius 3 is 2.18 bits per heavy atom. The lowest BCUT2D eigenvalue weighted by Crippen LogP contribution is -2.65. The van der Waals surface area contributed by atoms with Gasteiger partial charge in [-0.3, -0.25) is 19.2 Å². The summed E-state index contributed by atoms with van der Waals surface area (Å²) in [4.78, 5) is 49.8. The zero-order valence-corrected chi connectivity index (χ0v) is 33.3. The summed E-state index contributed by atoms with van der Waals surface area (Å²) >= 11 is 0. The molecule has 5 aliphatic carbocycles. The Hall–Kier alpha value is -2.38. The number of esters is 1. The van der Waals surface area contributed by atoms with Gasteiger partial charge in [-0.25, -0.2) is 0 Å². The van der Waals surface area contributed by atoms with Gasteiger partial charge in [0.1, 0.15) is 6.10 Å². The van der Waals surface area contributed by atoms with Gasteiger partial charge in [0.2, 0.25) is 5.91 Å². The van der Waals surface area contributed by atoms with Gasteiger partial charge in [-0.05, 0) is 122 Å². The quantitative estimate of drug-likeness (QED) is 0.104. The highest BCUT2D eigenvalue weighted by Gasteiger charge is 2.69. The lowest BCUT2D eigenvalue weighted by atomic mass is 9.33. The lowest BCUT2D eigenvalue weighted by Gasteiger charge is -2.71. The number of rotatable bonds is 12. The van der Waals surface area contributed by atoms with Crippen molar-refractivity contribution in [1.82, 2.24) is 5.32 Å². The summed E-state index contributed by atoms with van der Waals surface area (Å²) in [5.74, 6) is -0.608. The summed E-state index contributed by atoms with van der Waals surface area (Å²) in [5.41, 5.74) is 0.675. The number of carboxylic acid groups (broad SMARTS) is 2. The number of carboxylic acids is 2. The van der Waals surface area contributed by atoms with Gasteiger partial charge < -0.3 is 20.3 Å². The topological polar surface area (TPSA) is 130 Å². The van der Waals surface area contributed by atoms with E-state index >= 15 is 0 Å². The molecule has 3 N–H and O–H groups in total. The number of aliphatic carboxylic acids is 2. The first-order valence-electron chi connectivity index (χ1n) is 20.2. The third-order valence-electron chi connectivity index (χ3n) is 15.9. The number of nitrogens with one attached hydrogen (secondary N) is 1. The van der Waals surface area contributed by atoms with Crippen LogP contribution in [0, 0.1) is 55.7 Å². The Morgan fingerprint density at radius 2 is 1.51 bits per heavy atom. The predicted molar refractivity (Wildman–Crippen MR) is 199 cm³/mol. The monoisotopic (exact) mass is 712 g/mol. The molecule has 1 amide bonds. The maximum absolute atomic E-state index is 14.3. The van der Waals surface area contributed by atoms with Gasteiger partial charge in [0.25, 0.3) is 0 Å². The predicted octanol–water partition coefficient (Wildman–Crippen LogP) is 9.35. The standard InChI is InChI=1S/C43H69NO7/c1-37(2)20-22-43(36(50)44-24-12-10-11-13-33(45)46)23-21-41(8)28(29(43)25-37)14-15-31-40(7)18-17-32(39(5,6)30(40)16-19-42(31,41)9)51-35(49)27-38(3,4)26-34(47)48/h14,29-32H,10-13,15-27H2,1-9H3,(H,44,50)(H,45,46)(H,47,48)/t29?,30?,31?,32-,40-,41+,42+,43-/m0/s1. The Balaban J connectivity index is 1.37. The van der Waals surface area contributed by atoms with E-state index in [2.05, 4.69) is 59.9 Å². The van der Waals surface area contributed by atoms with E-state index in [9.17, 15) is 24.3 Å². The highest BCUT2D eigenvalue weighted by molar-refractivity contribution is 5.84. The molecule has 8 heteroatoms. The smallest absolute Gasteiger partial charge is 0.306 e. The molecule has 8 nitrogen and oxygen atoms in total. The third kappa shape index (κ3) is 7.16. The molecule has 0 aromatic heterocycles.